The van der Waals surface area contributed by atoms with Gasteiger partial charge < -0.3 is 15.2 Å². The Kier molecular flexibility index (Phi) is 7.72. The van der Waals surface area contributed by atoms with Crippen molar-refractivity contribution in [2.45, 2.75) is 52.6 Å². The number of Topliss-reactive ketones (excluding diaryl/α,β-unsaturated/α-hetero) is 1. The predicted molar refractivity (Wildman–Crippen MR) is 159 cm³/mol. The van der Waals surface area contributed by atoms with Crippen LogP contribution >= 0.6 is 0 Å². The topological polar surface area (TPSA) is 132 Å². The number of nitrogens with zero attached hydrogens (tertiary/aromatic N) is 3. The second-order valence-corrected chi connectivity index (χ2v) is 10.6. The summed E-state index contributed by atoms with van der Waals surface area (Å²) in [5.74, 6) is 0.890. The minimum atomic E-state index is -0.660. The van der Waals surface area contributed by atoms with E-state index < -0.39 is 10.8 Å². The molecule has 0 fully saturated rings. The molecule has 3 aromatic rings. The van der Waals surface area contributed by atoms with Gasteiger partial charge in [0.25, 0.3) is 5.69 Å². The number of methoxy groups -OCH3 is 1. The van der Waals surface area contributed by atoms with Crippen molar-refractivity contribution in [2.24, 2.45) is 5.73 Å². The van der Waals surface area contributed by atoms with Crippen molar-refractivity contribution in [1.29, 1.82) is 5.26 Å². The molecule has 2 N–H and O–H groups in total. The molecular formula is C33H32N4O5. The Hall–Kier alpha value is -5.10. The van der Waals surface area contributed by atoms with Crippen molar-refractivity contribution >= 4 is 17.2 Å². The van der Waals surface area contributed by atoms with E-state index in [1.165, 1.54) is 12.1 Å². The van der Waals surface area contributed by atoms with Gasteiger partial charge in [0, 0.05) is 29.8 Å². The molecule has 1 aliphatic heterocycles. The summed E-state index contributed by atoms with van der Waals surface area (Å²) < 4.78 is 11.3. The summed E-state index contributed by atoms with van der Waals surface area (Å²) in [6.45, 7) is 6.06. The third kappa shape index (κ3) is 5.07. The maximum Gasteiger partial charge on any atom is 0.271 e. The largest absolute Gasteiger partial charge is 0.497 e. The van der Waals surface area contributed by atoms with Crippen molar-refractivity contribution in [2.75, 3.05) is 12.0 Å². The van der Waals surface area contributed by atoms with Crippen molar-refractivity contribution in [1.82, 2.24) is 0 Å². The zero-order valence-corrected chi connectivity index (χ0v) is 24.1. The van der Waals surface area contributed by atoms with Crippen LogP contribution in [0.15, 0.2) is 77.3 Å². The molecule has 3 aromatic carbocycles. The quantitative estimate of drug-likeness (QED) is 0.257. The summed E-state index contributed by atoms with van der Waals surface area (Å²) in [5, 5.41) is 22.1. The van der Waals surface area contributed by atoms with Crippen LogP contribution in [0.25, 0.3) is 0 Å². The first kappa shape index (κ1) is 28.4. The summed E-state index contributed by atoms with van der Waals surface area (Å²) in [6, 6.07) is 18.2. The second kappa shape index (κ2) is 11.4. The number of carbonyl (C=O) groups excluding carboxylic acids is 1. The van der Waals surface area contributed by atoms with Crippen LogP contribution in [0.1, 0.15) is 53.0 Å². The van der Waals surface area contributed by atoms with Gasteiger partial charge in [-0.15, -0.1) is 0 Å². The number of hydrogen-bond donors (Lipinski definition) is 1. The van der Waals surface area contributed by atoms with E-state index in [1.807, 2.05) is 57.2 Å². The summed E-state index contributed by atoms with van der Waals surface area (Å²) in [4.78, 5) is 26.5. The molecule has 9 nitrogen and oxygen atoms in total. The number of ketones is 1. The lowest BCUT2D eigenvalue weighted by atomic mass is 9.73. The lowest BCUT2D eigenvalue weighted by molar-refractivity contribution is -0.384. The van der Waals surface area contributed by atoms with Crippen LogP contribution in [0.4, 0.5) is 11.4 Å². The van der Waals surface area contributed by atoms with Crippen LogP contribution in [-0.2, 0) is 11.4 Å². The van der Waals surface area contributed by atoms with Gasteiger partial charge in [0.2, 0.25) is 0 Å². The Bertz CT molecular complexity index is 1700. The van der Waals surface area contributed by atoms with Crippen LogP contribution in [0.2, 0.25) is 0 Å². The van der Waals surface area contributed by atoms with Crippen LogP contribution in [0.5, 0.6) is 11.5 Å². The number of rotatable bonds is 7. The minimum Gasteiger partial charge on any atom is -0.497 e. The fourth-order valence-corrected chi connectivity index (χ4v) is 5.87. The number of ether oxygens (including phenoxy) is 2. The van der Waals surface area contributed by atoms with Gasteiger partial charge >= 0.3 is 0 Å². The summed E-state index contributed by atoms with van der Waals surface area (Å²) >= 11 is 0. The number of nitrogens with two attached hydrogens (primary N) is 1. The first-order valence-corrected chi connectivity index (χ1v) is 13.7. The Labute approximate surface area is 244 Å². The van der Waals surface area contributed by atoms with E-state index in [0.29, 0.717) is 48.6 Å². The molecule has 1 aliphatic carbocycles. The van der Waals surface area contributed by atoms with E-state index >= 15 is 0 Å². The molecule has 0 bridgehead atoms. The van der Waals surface area contributed by atoms with Gasteiger partial charge in [0.05, 0.1) is 35.3 Å². The molecule has 1 atom stereocenters. The lowest BCUT2D eigenvalue weighted by Gasteiger charge is -2.40. The average molecular weight is 565 g/mol. The Morgan fingerprint density at radius 2 is 1.79 bits per heavy atom. The number of anilines is 1. The fourth-order valence-electron chi connectivity index (χ4n) is 5.87. The number of carbonyl (C=O) groups is 1. The van der Waals surface area contributed by atoms with Gasteiger partial charge in [-0.25, -0.2) is 0 Å². The van der Waals surface area contributed by atoms with Gasteiger partial charge in [-0.3, -0.25) is 19.8 Å². The van der Waals surface area contributed by atoms with Crippen LogP contribution in [0, 0.1) is 42.2 Å². The number of nitro benzene ring substituents is 1. The van der Waals surface area contributed by atoms with Crippen molar-refractivity contribution in [3.05, 3.63) is 115 Å². The van der Waals surface area contributed by atoms with Crippen LogP contribution < -0.4 is 20.1 Å². The summed E-state index contributed by atoms with van der Waals surface area (Å²) in [7, 11) is 1.61. The van der Waals surface area contributed by atoms with E-state index in [0.717, 1.165) is 33.6 Å². The predicted octanol–water partition coefficient (Wildman–Crippen LogP) is 6.41. The molecule has 5 rings (SSSR count). The molecule has 0 radical (unpaired) electrons. The van der Waals surface area contributed by atoms with Gasteiger partial charge in [0.15, 0.2) is 5.78 Å². The molecule has 0 spiro atoms. The Morgan fingerprint density at radius 3 is 2.45 bits per heavy atom. The molecule has 0 amide bonds. The minimum absolute atomic E-state index is 0.0495. The molecule has 214 valence electrons. The third-order valence-corrected chi connectivity index (χ3v) is 8.02. The number of benzene rings is 3. The monoisotopic (exact) mass is 564 g/mol. The molecule has 42 heavy (non-hydrogen) atoms. The number of nitriles is 1. The summed E-state index contributed by atoms with van der Waals surface area (Å²) in [6.07, 6.45) is 1.53. The number of allylic oxidation sites excluding steroid dienone is 3. The second-order valence-electron chi connectivity index (χ2n) is 10.6. The van der Waals surface area contributed by atoms with E-state index in [1.54, 1.807) is 18.1 Å². The maximum absolute atomic E-state index is 13.7. The number of aryl methyl sites for hydroxylation is 2. The number of nitro groups is 1. The molecule has 1 unspecified atom stereocenters. The van der Waals surface area contributed by atoms with E-state index in [-0.39, 0.29) is 22.9 Å². The van der Waals surface area contributed by atoms with Crippen molar-refractivity contribution in [3.8, 4) is 17.6 Å². The molecule has 0 aromatic heterocycles. The molecule has 0 saturated heterocycles. The highest BCUT2D eigenvalue weighted by Crippen LogP contribution is 2.48. The average Bonchev–Trinajstić information content (AvgIpc) is 2.97. The van der Waals surface area contributed by atoms with Gasteiger partial charge in [-0.2, -0.15) is 5.26 Å². The number of hydrogen-bond acceptors (Lipinski definition) is 8. The van der Waals surface area contributed by atoms with E-state index in [9.17, 15) is 20.2 Å². The first-order chi connectivity index (χ1) is 20.1. The molecule has 1 heterocycles. The molecular weight excluding hydrogens is 532 g/mol. The molecule has 2 aliphatic rings. The van der Waals surface area contributed by atoms with Gasteiger partial charge in [-0.1, -0.05) is 23.8 Å². The highest BCUT2D eigenvalue weighted by molar-refractivity contribution is 6.01. The van der Waals surface area contributed by atoms with Crippen LogP contribution in [-0.4, -0.2) is 17.8 Å². The van der Waals surface area contributed by atoms with Crippen LogP contribution in [0.3, 0.4) is 0 Å². The summed E-state index contributed by atoms with van der Waals surface area (Å²) in [5.41, 5.74) is 13.0. The standard InChI is InChI=1S/C33H32N4O5/c1-19-14-22(18-42-25-12-10-24(41-4)11-13-25)21(3)26(15-19)31-27(17-34)33(35)36(28-6-5-7-30(38)32(28)31)29-16-23(37(39)40)9-8-20(29)2/h8-16,31H,5-7,18,35H2,1-4H3. The smallest absolute Gasteiger partial charge is 0.271 e. The first-order valence-electron chi connectivity index (χ1n) is 13.7. The molecule has 0 saturated carbocycles. The van der Waals surface area contributed by atoms with E-state index in [4.69, 9.17) is 15.2 Å². The van der Waals surface area contributed by atoms with E-state index in [2.05, 4.69) is 6.07 Å². The van der Waals surface area contributed by atoms with Crippen molar-refractivity contribution in [3.63, 3.8) is 0 Å². The number of non-ortho nitro benzene ring substituents is 1. The molecule has 9 heteroatoms. The highest BCUT2D eigenvalue weighted by Gasteiger charge is 2.41. The lowest BCUT2D eigenvalue weighted by Crippen LogP contribution is -2.39. The highest BCUT2D eigenvalue weighted by atomic mass is 16.6. The Balaban J connectivity index is 1.63. The maximum atomic E-state index is 13.7. The fraction of sp³-hybridized carbons (Fsp3) is 0.273. The SMILES string of the molecule is COc1ccc(OCc2cc(C)cc(C3C(C#N)=C(N)N(c4cc([N+](=O)[O-])ccc4C)C4=C3C(=O)CCC4)c2C)cc1. The Morgan fingerprint density at radius 1 is 1.07 bits per heavy atom. The third-order valence-electron chi connectivity index (χ3n) is 8.02. The van der Waals surface area contributed by atoms with Gasteiger partial charge in [-0.05, 0) is 80.1 Å². The zero-order chi connectivity index (χ0) is 30.1. The van der Waals surface area contributed by atoms with Crippen molar-refractivity contribution < 1.29 is 19.2 Å². The normalized spacial score (nSPS) is 16.7. The van der Waals surface area contributed by atoms with Gasteiger partial charge in [0.1, 0.15) is 23.9 Å². The zero-order valence-electron chi connectivity index (χ0n) is 24.1.